The van der Waals surface area contributed by atoms with E-state index in [1.165, 1.54) is 4.90 Å². The lowest BCUT2D eigenvalue weighted by Gasteiger charge is -2.27. The minimum absolute atomic E-state index is 0.220. The summed E-state index contributed by atoms with van der Waals surface area (Å²) in [5.41, 5.74) is 1.97. The highest BCUT2D eigenvalue weighted by molar-refractivity contribution is 14.2. The smallest absolute Gasteiger partial charge is 0.417 e. The molecule has 3 rings (SSSR count). The quantitative estimate of drug-likeness (QED) is 0.307. The standard InChI is InChI=1S/C24H29INO4P/c1-23(2,3)30-22(28)26-20(15-24(4,21(26)27)16-29-31-25)14-17-10-12-19(13-11-17)18-8-6-5-7-9-18/h5-13,20,31H,14-16H2,1-4H3/t20-,24+/m1/s1. The minimum atomic E-state index is -0.732. The third-order valence-electron chi connectivity index (χ3n) is 5.35. The lowest BCUT2D eigenvalue weighted by Crippen LogP contribution is -2.45. The van der Waals surface area contributed by atoms with Crippen molar-refractivity contribution in [1.82, 2.24) is 4.90 Å². The average molecular weight is 553 g/mol. The van der Waals surface area contributed by atoms with Crippen LogP contribution in [0.15, 0.2) is 54.6 Å². The Labute approximate surface area is 199 Å². The van der Waals surface area contributed by atoms with Crippen LogP contribution in [0.2, 0.25) is 0 Å². The molecule has 1 fully saturated rings. The summed E-state index contributed by atoms with van der Waals surface area (Å²) in [4.78, 5) is 27.5. The summed E-state index contributed by atoms with van der Waals surface area (Å²) in [5, 5.41) is 0. The highest BCUT2D eigenvalue weighted by Crippen LogP contribution is 2.40. The molecule has 5 nitrogen and oxygen atoms in total. The molecule has 166 valence electrons. The maximum absolute atomic E-state index is 13.2. The molecule has 0 radical (unpaired) electrons. The Bertz CT molecular complexity index is 913. The van der Waals surface area contributed by atoms with Crippen LogP contribution in [0.25, 0.3) is 11.1 Å². The van der Waals surface area contributed by atoms with Crippen LogP contribution in [0.1, 0.15) is 39.7 Å². The molecule has 0 N–H and O–H groups in total. The van der Waals surface area contributed by atoms with Crippen molar-refractivity contribution in [2.24, 2.45) is 5.41 Å². The monoisotopic (exact) mass is 553 g/mol. The summed E-state index contributed by atoms with van der Waals surface area (Å²) in [6, 6.07) is 18.2. The second-order valence-electron chi connectivity index (χ2n) is 9.21. The molecule has 2 amide bonds. The molecular weight excluding hydrogens is 524 g/mol. The van der Waals surface area contributed by atoms with Crippen LogP contribution in [0, 0.1) is 5.41 Å². The van der Waals surface area contributed by atoms with Crippen LogP contribution in [-0.4, -0.2) is 35.2 Å². The summed E-state index contributed by atoms with van der Waals surface area (Å²) < 4.78 is 11.2. The first-order chi connectivity index (χ1) is 14.6. The van der Waals surface area contributed by atoms with Gasteiger partial charge in [-0.1, -0.05) is 54.6 Å². The summed E-state index contributed by atoms with van der Waals surface area (Å²) in [7, 11) is 0. The van der Waals surface area contributed by atoms with Crippen molar-refractivity contribution in [2.45, 2.75) is 52.2 Å². The van der Waals surface area contributed by atoms with E-state index >= 15 is 0 Å². The predicted molar refractivity (Wildman–Crippen MR) is 133 cm³/mol. The molecule has 0 aromatic heterocycles. The molecular formula is C24H29INO4P. The fourth-order valence-electron chi connectivity index (χ4n) is 3.90. The van der Waals surface area contributed by atoms with Gasteiger partial charge < -0.3 is 9.26 Å². The average Bonchev–Trinajstić information content (AvgIpc) is 2.96. The van der Waals surface area contributed by atoms with Gasteiger partial charge in [0.25, 0.3) is 0 Å². The van der Waals surface area contributed by atoms with Crippen molar-refractivity contribution in [3.05, 3.63) is 60.2 Å². The van der Waals surface area contributed by atoms with Gasteiger partial charge in [-0.05, 0) is 79.3 Å². The van der Waals surface area contributed by atoms with Crippen LogP contribution < -0.4 is 0 Å². The van der Waals surface area contributed by atoms with Gasteiger partial charge in [0.15, 0.2) is 0 Å². The Hall–Kier alpha value is -1.50. The van der Waals surface area contributed by atoms with Crippen LogP contribution in [0.4, 0.5) is 4.79 Å². The minimum Gasteiger partial charge on any atom is -0.443 e. The Balaban J connectivity index is 1.82. The maximum atomic E-state index is 13.2. The Morgan fingerprint density at radius 1 is 1.13 bits per heavy atom. The number of hydrogen-bond donors (Lipinski definition) is 0. The number of hydrogen-bond acceptors (Lipinski definition) is 4. The van der Waals surface area contributed by atoms with Gasteiger partial charge in [-0.15, -0.1) is 0 Å². The maximum Gasteiger partial charge on any atom is 0.417 e. The van der Waals surface area contributed by atoms with Gasteiger partial charge in [0.05, 0.1) is 18.5 Å². The molecule has 1 heterocycles. The van der Waals surface area contributed by atoms with Gasteiger partial charge in [0.1, 0.15) is 5.60 Å². The van der Waals surface area contributed by atoms with E-state index in [2.05, 4.69) is 58.4 Å². The van der Waals surface area contributed by atoms with Gasteiger partial charge in [0, 0.05) is 6.04 Å². The van der Waals surface area contributed by atoms with E-state index in [9.17, 15) is 9.59 Å². The van der Waals surface area contributed by atoms with E-state index in [1.54, 1.807) is 0 Å². The molecule has 1 aliphatic rings. The number of carbonyl (C=O) groups excluding carboxylic acids is 2. The van der Waals surface area contributed by atoms with E-state index < -0.39 is 17.1 Å². The van der Waals surface area contributed by atoms with Gasteiger partial charge in [-0.3, -0.25) is 4.79 Å². The molecule has 1 saturated heterocycles. The molecule has 3 atom stereocenters. The SMILES string of the molecule is CC(C)(C)OC(=O)N1C(=O)[C@](C)(COPI)C[C@H]1Cc1ccc(-c2ccccc2)cc1. The van der Waals surface area contributed by atoms with Gasteiger partial charge >= 0.3 is 6.09 Å². The largest absolute Gasteiger partial charge is 0.443 e. The Morgan fingerprint density at radius 2 is 1.74 bits per heavy atom. The topological polar surface area (TPSA) is 55.8 Å². The number of likely N-dealkylation sites (tertiary alicyclic amines) is 1. The molecule has 0 aliphatic carbocycles. The number of halogens is 1. The number of amides is 2. The first-order valence-electron chi connectivity index (χ1n) is 10.3. The highest BCUT2D eigenvalue weighted by atomic mass is 127. The zero-order valence-corrected chi connectivity index (χ0v) is 21.5. The van der Waals surface area contributed by atoms with Gasteiger partial charge in [0.2, 0.25) is 5.91 Å². The van der Waals surface area contributed by atoms with E-state index in [1.807, 2.05) is 45.9 Å². The normalized spacial score (nSPS) is 21.8. The lowest BCUT2D eigenvalue weighted by atomic mass is 9.87. The number of rotatable bonds is 6. The van der Waals surface area contributed by atoms with E-state index in [0.717, 1.165) is 16.7 Å². The van der Waals surface area contributed by atoms with Gasteiger partial charge in [-0.25, -0.2) is 9.69 Å². The van der Waals surface area contributed by atoms with Crippen molar-refractivity contribution in [2.75, 3.05) is 6.61 Å². The molecule has 1 unspecified atom stereocenters. The van der Waals surface area contributed by atoms with Crippen LogP contribution >= 0.6 is 28.5 Å². The van der Waals surface area contributed by atoms with E-state index in [4.69, 9.17) is 9.26 Å². The number of ether oxygens (including phenoxy) is 1. The molecule has 0 saturated carbocycles. The number of nitrogens with zero attached hydrogens (tertiary/aromatic N) is 1. The van der Waals surface area contributed by atoms with E-state index in [-0.39, 0.29) is 18.4 Å². The highest BCUT2D eigenvalue weighted by Gasteiger charge is 2.52. The van der Waals surface area contributed by atoms with Crippen LogP contribution in [-0.2, 0) is 20.5 Å². The second kappa shape index (κ2) is 9.97. The van der Waals surface area contributed by atoms with Gasteiger partial charge in [-0.2, -0.15) is 0 Å². The fraction of sp³-hybridized carbons (Fsp3) is 0.417. The Kier molecular flexibility index (Phi) is 7.76. The zero-order chi connectivity index (χ0) is 22.6. The molecule has 7 heteroatoms. The van der Waals surface area contributed by atoms with Crippen molar-refractivity contribution in [3.63, 3.8) is 0 Å². The third kappa shape index (κ3) is 6.05. The van der Waals surface area contributed by atoms with Crippen LogP contribution in [0.5, 0.6) is 0 Å². The molecule has 0 bridgehead atoms. The third-order valence-corrected chi connectivity index (χ3v) is 6.54. The van der Waals surface area contributed by atoms with Crippen molar-refractivity contribution < 1.29 is 18.8 Å². The summed E-state index contributed by atoms with van der Waals surface area (Å²) in [6.45, 7) is 7.87. The summed E-state index contributed by atoms with van der Waals surface area (Å²) in [6.07, 6.45) is 0.554. The van der Waals surface area contributed by atoms with Crippen molar-refractivity contribution in [1.29, 1.82) is 0 Å². The van der Waals surface area contributed by atoms with Crippen LogP contribution in [0.3, 0.4) is 0 Å². The fourth-order valence-corrected chi connectivity index (χ4v) is 4.75. The summed E-state index contributed by atoms with van der Waals surface area (Å²) in [5.74, 6) is -0.220. The molecule has 31 heavy (non-hydrogen) atoms. The molecule has 0 spiro atoms. The number of benzene rings is 2. The predicted octanol–water partition coefficient (Wildman–Crippen LogP) is 6.40. The summed E-state index contributed by atoms with van der Waals surface area (Å²) >= 11 is 2.14. The Morgan fingerprint density at radius 3 is 2.32 bits per heavy atom. The van der Waals surface area contributed by atoms with Crippen molar-refractivity contribution in [3.8, 4) is 11.1 Å². The second-order valence-corrected chi connectivity index (χ2v) is 11.0. The lowest BCUT2D eigenvalue weighted by molar-refractivity contribution is -0.136. The molecule has 1 aliphatic heterocycles. The molecule has 2 aromatic carbocycles. The molecule has 2 aromatic rings. The first-order valence-corrected chi connectivity index (χ1v) is 14.3. The number of carbonyl (C=O) groups is 2. The first kappa shape index (κ1) is 24.1. The number of imide groups is 1. The zero-order valence-electron chi connectivity index (χ0n) is 18.4. The van der Waals surface area contributed by atoms with E-state index in [0.29, 0.717) is 19.4 Å². The van der Waals surface area contributed by atoms with Crippen molar-refractivity contribution >= 4 is 40.5 Å².